The maximum absolute atomic E-state index is 12.7. The number of benzene rings is 1. The summed E-state index contributed by atoms with van der Waals surface area (Å²) in [5.74, 6) is 0.500. The average molecular weight is 364 g/mol. The number of hydrogen-bond acceptors (Lipinski definition) is 4. The second-order valence-electron chi connectivity index (χ2n) is 6.84. The molecule has 0 aliphatic rings. The second-order valence-corrected chi connectivity index (χ2v) is 6.84. The molecule has 0 unspecified atom stereocenters. The summed E-state index contributed by atoms with van der Waals surface area (Å²) in [4.78, 5) is 29.4. The molecular weight excluding hydrogens is 344 g/mol. The first kappa shape index (κ1) is 17.0. The Morgan fingerprint density at radius 2 is 1.96 bits per heavy atom. The van der Waals surface area contributed by atoms with Crippen molar-refractivity contribution in [3.05, 3.63) is 53.1 Å². The summed E-state index contributed by atoms with van der Waals surface area (Å²) in [6.45, 7) is 4.77. The van der Waals surface area contributed by atoms with Gasteiger partial charge in [-0.05, 0) is 24.5 Å². The van der Waals surface area contributed by atoms with Gasteiger partial charge in [-0.3, -0.25) is 9.89 Å². The van der Waals surface area contributed by atoms with E-state index < -0.39 is 0 Å². The molecule has 0 spiro atoms. The third kappa shape index (κ3) is 2.99. The van der Waals surface area contributed by atoms with Gasteiger partial charge in [0.1, 0.15) is 0 Å². The molecule has 1 amide bonds. The van der Waals surface area contributed by atoms with Crippen LogP contribution in [0.25, 0.3) is 27.6 Å². The molecule has 0 saturated heterocycles. The molecule has 0 saturated carbocycles. The standard InChI is InChI=1S/C19H20N6O2/c1-12(2)8-9-20-19(27)25-17-14(11-22-25)16-15(10-21-17)18(26)24(23-16)13-6-4-3-5-7-13/h3-7,10-12,23H,8-9H2,1-2H3,(H,20,27). The first-order valence-electron chi connectivity index (χ1n) is 8.87. The van der Waals surface area contributed by atoms with Crippen LogP contribution in [0.3, 0.4) is 0 Å². The first-order valence-corrected chi connectivity index (χ1v) is 8.87. The van der Waals surface area contributed by atoms with Gasteiger partial charge < -0.3 is 5.32 Å². The fraction of sp³-hybridized carbons (Fsp3) is 0.263. The molecule has 0 bridgehead atoms. The first-order chi connectivity index (χ1) is 13.1. The van der Waals surface area contributed by atoms with Crippen LogP contribution in [-0.2, 0) is 0 Å². The lowest BCUT2D eigenvalue weighted by atomic mass is 10.1. The quantitative estimate of drug-likeness (QED) is 0.582. The Bertz CT molecular complexity index is 1170. The predicted octanol–water partition coefficient (Wildman–Crippen LogP) is 2.67. The zero-order chi connectivity index (χ0) is 19.0. The number of aromatic amines is 1. The zero-order valence-corrected chi connectivity index (χ0v) is 15.1. The van der Waals surface area contributed by atoms with Crippen LogP contribution >= 0.6 is 0 Å². The maximum atomic E-state index is 12.7. The van der Waals surface area contributed by atoms with E-state index in [1.807, 2.05) is 30.3 Å². The van der Waals surface area contributed by atoms with Crippen molar-refractivity contribution in [1.29, 1.82) is 0 Å². The number of rotatable bonds is 4. The topological polar surface area (TPSA) is 97.6 Å². The van der Waals surface area contributed by atoms with Gasteiger partial charge in [-0.25, -0.2) is 14.5 Å². The maximum Gasteiger partial charge on any atom is 0.344 e. The van der Waals surface area contributed by atoms with Crippen molar-refractivity contribution in [2.45, 2.75) is 20.3 Å². The third-order valence-electron chi connectivity index (χ3n) is 4.46. The lowest BCUT2D eigenvalue weighted by Gasteiger charge is -2.07. The second kappa shape index (κ2) is 6.71. The summed E-state index contributed by atoms with van der Waals surface area (Å²) in [6.07, 6.45) is 3.92. The number of H-pyrrole nitrogens is 1. The third-order valence-corrected chi connectivity index (χ3v) is 4.46. The number of aromatic nitrogens is 5. The largest absolute Gasteiger partial charge is 0.344 e. The number of hydrogen-bond donors (Lipinski definition) is 2. The van der Waals surface area contributed by atoms with E-state index >= 15 is 0 Å². The van der Waals surface area contributed by atoms with E-state index in [1.165, 1.54) is 15.6 Å². The molecule has 8 nitrogen and oxygen atoms in total. The lowest BCUT2D eigenvalue weighted by Crippen LogP contribution is -2.30. The van der Waals surface area contributed by atoms with Gasteiger partial charge >= 0.3 is 6.03 Å². The lowest BCUT2D eigenvalue weighted by molar-refractivity contribution is 0.240. The van der Waals surface area contributed by atoms with Gasteiger partial charge in [-0.15, -0.1) is 0 Å². The zero-order valence-electron chi connectivity index (χ0n) is 15.1. The summed E-state index contributed by atoms with van der Waals surface area (Å²) in [7, 11) is 0. The van der Waals surface area contributed by atoms with Gasteiger partial charge in [0.2, 0.25) is 0 Å². The van der Waals surface area contributed by atoms with E-state index in [9.17, 15) is 9.59 Å². The number of carbonyl (C=O) groups excluding carboxylic acids is 1. The van der Waals surface area contributed by atoms with E-state index in [0.29, 0.717) is 34.4 Å². The van der Waals surface area contributed by atoms with Crippen LogP contribution < -0.4 is 10.9 Å². The van der Waals surface area contributed by atoms with E-state index in [2.05, 4.69) is 34.3 Å². The van der Waals surface area contributed by atoms with E-state index in [0.717, 1.165) is 12.1 Å². The number of nitrogens with zero attached hydrogens (tertiary/aromatic N) is 4. The molecule has 138 valence electrons. The fourth-order valence-electron chi connectivity index (χ4n) is 2.99. The van der Waals surface area contributed by atoms with Crippen LogP contribution in [0.1, 0.15) is 20.3 Å². The normalized spacial score (nSPS) is 11.5. The molecule has 8 heteroatoms. The van der Waals surface area contributed by atoms with E-state index in [4.69, 9.17) is 0 Å². The minimum absolute atomic E-state index is 0.195. The van der Waals surface area contributed by atoms with Crippen LogP contribution in [0.15, 0.2) is 47.5 Å². The molecule has 3 aromatic heterocycles. The molecule has 1 aromatic carbocycles. The number of amides is 1. The Morgan fingerprint density at radius 3 is 2.70 bits per heavy atom. The molecule has 3 heterocycles. The Morgan fingerprint density at radius 1 is 1.19 bits per heavy atom. The van der Waals surface area contributed by atoms with Gasteiger partial charge in [0, 0.05) is 12.7 Å². The van der Waals surface area contributed by atoms with Crippen molar-refractivity contribution in [2.75, 3.05) is 6.54 Å². The van der Waals surface area contributed by atoms with Crippen LogP contribution in [0.5, 0.6) is 0 Å². The summed E-state index contributed by atoms with van der Waals surface area (Å²) in [6, 6.07) is 8.96. The van der Waals surface area contributed by atoms with E-state index in [1.54, 1.807) is 6.20 Å². The molecule has 2 N–H and O–H groups in total. The van der Waals surface area contributed by atoms with Crippen molar-refractivity contribution in [2.24, 2.45) is 5.92 Å². The van der Waals surface area contributed by atoms with Gasteiger partial charge in [0.25, 0.3) is 5.56 Å². The summed E-state index contributed by atoms with van der Waals surface area (Å²) < 4.78 is 2.69. The van der Waals surface area contributed by atoms with Crippen molar-refractivity contribution in [3.8, 4) is 5.69 Å². The van der Waals surface area contributed by atoms with Crippen molar-refractivity contribution < 1.29 is 4.79 Å². The molecular formula is C19H20N6O2. The fourth-order valence-corrected chi connectivity index (χ4v) is 2.99. The highest BCUT2D eigenvalue weighted by atomic mass is 16.2. The number of para-hydroxylation sites is 1. The molecule has 4 rings (SSSR count). The van der Waals surface area contributed by atoms with Crippen molar-refractivity contribution in [1.82, 2.24) is 29.9 Å². The Hall–Kier alpha value is -3.42. The number of fused-ring (bicyclic) bond motifs is 3. The molecule has 0 fully saturated rings. The minimum atomic E-state index is -0.331. The highest BCUT2D eigenvalue weighted by molar-refractivity contribution is 6.03. The van der Waals surface area contributed by atoms with Crippen molar-refractivity contribution in [3.63, 3.8) is 0 Å². The van der Waals surface area contributed by atoms with Crippen molar-refractivity contribution >= 4 is 28.0 Å². The smallest absolute Gasteiger partial charge is 0.336 e. The summed E-state index contributed by atoms with van der Waals surface area (Å²) >= 11 is 0. The summed E-state index contributed by atoms with van der Waals surface area (Å²) in [5.41, 5.74) is 1.55. The van der Waals surface area contributed by atoms with Gasteiger partial charge in [-0.2, -0.15) is 9.78 Å². The van der Waals surface area contributed by atoms with Crippen LogP contribution in [-0.4, -0.2) is 37.1 Å². The molecule has 0 atom stereocenters. The Labute approximate surface area is 154 Å². The minimum Gasteiger partial charge on any atom is -0.336 e. The Kier molecular flexibility index (Phi) is 4.23. The molecule has 0 aliphatic carbocycles. The number of pyridine rings is 1. The predicted molar refractivity (Wildman–Crippen MR) is 103 cm³/mol. The monoisotopic (exact) mass is 364 g/mol. The molecule has 27 heavy (non-hydrogen) atoms. The van der Waals surface area contributed by atoms with Gasteiger partial charge in [-0.1, -0.05) is 32.0 Å². The van der Waals surface area contributed by atoms with Gasteiger partial charge in [0.15, 0.2) is 5.65 Å². The Balaban J connectivity index is 1.76. The molecule has 0 radical (unpaired) electrons. The average Bonchev–Trinajstić information content (AvgIpc) is 3.23. The van der Waals surface area contributed by atoms with Crippen LogP contribution in [0.4, 0.5) is 4.79 Å². The van der Waals surface area contributed by atoms with Crippen LogP contribution in [0, 0.1) is 5.92 Å². The van der Waals surface area contributed by atoms with E-state index in [-0.39, 0.29) is 11.6 Å². The highest BCUT2D eigenvalue weighted by Gasteiger charge is 2.17. The highest BCUT2D eigenvalue weighted by Crippen LogP contribution is 2.20. The van der Waals surface area contributed by atoms with Crippen LogP contribution in [0.2, 0.25) is 0 Å². The van der Waals surface area contributed by atoms with Gasteiger partial charge in [0.05, 0.1) is 28.2 Å². The molecule has 0 aliphatic heterocycles. The number of carbonyl (C=O) groups is 1. The molecule has 4 aromatic rings. The SMILES string of the molecule is CC(C)CCNC(=O)n1ncc2c3[nH]n(-c4ccccc4)c(=O)c3cnc21. The summed E-state index contributed by atoms with van der Waals surface area (Å²) in [5, 5.41) is 11.2. The number of nitrogens with one attached hydrogen (secondary N) is 2.